The number of nitrogens with zero attached hydrogens (tertiary/aromatic N) is 1. The van der Waals surface area contributed by atoms with Gasteiger partial charge in [0.05, 0.1) is 0 Å². The molecule has 3 heteroatoms. The van der Waals surface area contributed by atoms with Crippen LogP contribution in [0.5, 0.6) is 0 Å². The van der Waals surface area contributed by atoms with Crippen molar-refractivity contribution in [3.8, 4) is 0 Å². The Labute approximate surface area is 85.8 Å². The van der Waals surface area contributed by atoms with Crippen LogP contribution in [0.1, 0.15) is 12.8 Å². The van der Waals surface area contributed by atoms with Gasteiger partial charge in [0.2, 0.25) is 0 Å². The Morgan fingerprint density at radius 2 is 1.64 bits per heavy atom. The van der Waals surface area contributed by atoms with Crippen LogP contribution < -0.4 is 5.32 Å². The molecule has 3 aliphatic heterocycles. The van der Waals surface area contributed by atoms with Gasteiger partial charge in [-0.3, -0.25) is 4.90 Å². The first-order chi connectivity index (χ1) is 6.93. The molecular weight excluding hydrogens is 176 g/mol. The van der Waals surface area contributed by atoms with Crippen LogP contribution in [0, 0.1) is 11.8 Å². The molecule has 0 bridgehead atoms. The Morgan fingerprint density at radius 3 is 2.29 bits per heavy atom. The fraction of sp³-hybridized carbons (Fsp3) is 1.00. The summed E-state index contributed by atoms with van der Waals surface area (Å²) >= 11 is 0. The minimum atomic E-state index is 0.828. The molecule has 0 spiro atoms. The molecule has 3 heterocycles. The molecule has 3 nitrogen and oxygen atoms in total. The van der Waals surface area contributed by atoms with Crippen molar-refractivity contribution < 1.29 is 4.74 Å². The zero-order chi connectivity index (χ0) is 9.38. The Kier molecular flexibility index (Phi) is 2.48. The molecule has 0 unspecified atom stereocenters. The van der Waals surface area contributed by atoms with Crippen LogP contribution in [0.4, 0.5) is 0 Å². The average Bonchev–Trinajstić information content (AvgIpc) is 2.78. The molecule has 0 aliphatic carbocycles. The first-order valence-corrected chi connectivity index (χ1v) is 5.96. The second kappa shape index (κ2) is 3.80. The summed E-state index contributed by atoms with van der Waals surface area (Å²) in [5.74, 6) is 1.88. The second-order valence-corrected chi connectivity index (χ2v) is 4.98. The van der Waals surface area contributed by atoms with Gasteiger partial charge < -0.3 is 10.1 Å². The minimum Gasteiger partial charge on any atom is -0.381 e. The van der Waals surface area contributed by atoms with Gasteiger partial charge in [-0.15, -0.1) is 0 Å². The van der Waals surface area contributed by atoms with Crippen LogP contribution in [0.25, 0.3) is 0 Å². The fourth-order valence-electron chi connectivity index (χ4n) is 3.24. The first-order valence-electron chi connectivity index (χ1n) is 5.96. The molecular formula is C11H20N2O. The Hall–Kier alpha value is -0.120. The van der Waals surface area contributed by atoms with Gasteiger partial charge in [-0.25, -0.2) is 0 Å². The van der Waals surface area contributed by atoms with E-state index in [0.717, 1.165) is 31.1 Å². The van der Waals surface area contributed by atoms with E-state index in [1.54, 1.807) is 0 Å². The highest BCUT2D eigenvalue weighted by atomic mass is 16.5. The average molecular weight is 196 g/mol. The van der Waals surface area contributed by atoms with Crippen LogP contribution in [0.2, 0.25) is 0 Å². The highest BCUT2D eigenvalue weighted by Crippen LogP contribution is 2.30. The summed E-state index contributed by atoms with van der Waals surface area (Å²) in [6, 6.07) is 0.828. The van der Waals surface area contributed by atoms with E-state index in [4.69, 9.17) is 4.74 Å². The van der Waals surface area contributed by atoms with Crippen molar-refractivity contribution in [3.05, 3.63) is 0 Å². The number of hydrogen-bond acceptors (Lipinski definition) is 3. The second-order valence-electron chi connectivity index (χ2n) is 4.98. The van der Waals surface area contributed by atoms with E-state index in [-0.39, 0.29) is 0 Å². The van der Waals surface area contributed by atoms with Gasteiger partial charge in [0.25, 0.3) is 0 Å². The van der Waals surface area contributed by atoms with E-state index in [0.29, 0.717) is 0 Å². The summed E-state index contributed by atoms with van der Waals surface area (Å²) in [5.41, 5.74) is 0. The maximum Gasteiger partial charge on any atom is 0.0480 e. The van der Waals surface area contributed by atoms with Crippen molar-refractivity contribution in [2.75, 3.05) is 39.4 Å². The van der Waals surface area contributed by atoms with E-state index >= 15 is 0 Å². The first kappa shape index (κ1) is 9.13. The third-order valence-corrected chi connectivity index (χ3v) is 4.12. The third-order valence-electron chi connectivity index (χ3n) is 4.12. The summed E-state index contributed by atoms with van der Waals surface area (Å²) in [4.78, 5) is 2.72. The predicted molar refractivity (Wildman–Crippen MR) is 55.3 cm³/mol. The summed E-state index contributed by atoms with van der Waals surface area (Å²) in [7, 11) is 0. The summed E-state index contributed by atoms with van der Waals surface area (Å²) in [6.45, 7) is 7.14. The van der Waals surface area contributed by atoms with E-state index in [2.05, 4.69) is 10.2 Å². The maximum absolute atomic E-state index is 5.41. The predicted octanol–water partition coefficient (Wildman–Crippen LogP) is 0.317. The molecule has 1 N–H and O–H groups in total. The quantitative estimate of drug-likeness (QED) is 0.653. The molecule has 0 aromatic carbocycles. The monoisotopic (exact) mass is 196 g/mol. The van der Waals surface area contributed by atoms with Crippen LogP contribution in [0.15, 0.2) is 0 Å². The van der Waals surface area contributed by atoms with Crippen LogP contribution >= 0.6 is 0 Å². The largest absolute Gasteiger partial charge is 0.381 e. The van der Waals surface area contributed by atoms with Gasteiger partial charge in [-0.2, -0.15) is 0 Å². The number of fused-ring (bicyclic) bond motifs is 1. The molecule has 0 radical (unpaired) electrons. The molecule has 3 saturated heterocycles. The lowest BCUT2D eigenvalue weighted by molar-refractivity contribution is 0.0399. The van der Waals surface area contributed by atoms with Crippen molar-refractivity contribution in [1.29, 1.82) is 0 Å². The van der Waals surface area contributed by atoms with Crippen molar-refractivity contribution >= 4 is 0 Å². The molecule has 3 rings (SSSR count). The van der Waals surface area contributed by atoms with Gasteiger partial charge >= 0.3 is 0 Å². The normalized spacial score (nSPS) is 40.3. The maximum atomic E-state index is 5.41. The lowest BCUT2D eigenvalue weighted by Gasteiger charge is -2.31. The van der Waals surface area contributed by atoms with Crippen LogP contribution in [-0.4, -0.2) is 50.3 Å². The van der Waals surface area contributed by atoms with Crippen molar-refractivity contribution in [1.82, 2.24) is 10.2 Å². The zero-order valence-electron chi connectivity index (χ0n) is 8.74. The van der Waals surface area contributed by atoms with E-state index in [1.165, 1.54) is 39.0 Å². The van der Waals surface area contributed by atoms with Gasteiger partial charge in [0.15, 0.2) is 0 Å². The van der Waals surface area contributed by atoms with Gasteiger partial charge in [0.1, 0.15) is 0 Å². The fourth-order valence-corrected chi connectivity index (χ4v) is 3.24. The van der Waals surface area contributed by atoms with Crippen molar-refractivity contribution in [2.24, 2.45) is 11.8 Å². The molecule has 0 saturated carbocycles. The van der Waals surface area contributed by atoms with Crippen LogP contribution in [-0.2, 0) is 4.74 Å². The topological polar surface area (TPSA) is 24.5 Å². The van der Waals surface area contributed by atoms with Crippen molar-refractivity contribution in [3.63, 3.8) is 0 Å². The molecule has 3 fully saturated rings. The third kappa shape index (κ3) is 1.58. The highest BCUT2D eigenvalue weighted by molar-refractivity contribution is 4.93. The molecule has 3 aliphatic rings. The number of ether oxygens (including phenoxy) is 1. The van der Waals surface area contributed by atoms with E-state index < -0.39 is 0 Å². The molecule has 0 amide bonds. The lowest BCUT2D eigenvalue weighted by atomic mass is 10.0. The summed E-state index contributed by atoms with van der Waals surface area (Å²) in [6.07, 6.45) is 2.51. The van der Waals surface area contributed by atoms with Gasteiger partial charge in [0, 0.05) is 32.3 Å². The number of rotatable bonds is 1. The minimum absolute atomic E-state index is 0.828. The van der Waals surface area contributed by atoms with E-state index in [1.807, 2.05) is 0 Å². The van der Waals surface area contributed by atoms with Gasteiger partial charge in [-0.1, -0.05) is 0 Å². The summed E-state index contributed by atoms with van der Waals surface area (Å²) < 4.78 is 5.41. The summed E-state index contributed by atoms with van der Waals surface area (Å²) in [5, 5.41) is 3.50. The molecule has 0 aromatic rings. The number of nitrogens with one attached hydrogen (secondary N) is 1. The molecule has 14 heavy (non-hydrogen) atoms. The smallest absolute Gasteiger partial charge is 0.0480 e. The molecule has 80 valence electrons. The van der Waals surface area contributed by atoms with Crippen molar-refractivity contribution in [2.45, 2.75) is 18.9 Å². The van der Waals surface area contributed by atoms with Crippen LogP contribution in [0.3, 0.4) is 0 Å². The van der Waals surface area contributed by atoms with Gasteiger partial charge in [-0.05, 0) is 37.8 Å². The molecule has 0 aromatic heterocycles. The Bertz CT molecular complexity index is 191. The lowest BCUT2D eigenvalue weighted by Crippen LogP contribution is -2.39. The molecule has 2 atom stereocenters. The van der Waals surface area contributed by atoms with E-state index in [9.17, 15) is 0 Å². The Balaban J connectivity index is 1.59. The zero-order valence-corrected chi connectivity index (χ0v) is 8.74. The Morgan fingerprint density at radius 1 is 1.00 bits per heavy atom. The standard InChI is InChI=1S/C11H20N2O/c1-3-14-4-2-11(1)13-7-9-5-12-6-10(9)8-13/h9-12H,1-8H2/t9-,10-/m0/s1. The SMILES string of the molecule is C1CC(N2C[C@@H]3CNC[C@H]3C2)CCO1. The highest BCUT2D eigenvalue weighted by Gasteiger charge is 2.38. The number of likely N-dealkylation sites (tertiary alicyclic amines) is 1. The number of hydrogen-bond donors (Lipinski definition) is 1.